The standard InChI is InChI=1S/C4H4F6NO4S2.C2H7NO/c5-3(6,7)1-16(12,13)11-17(14,15)2-4(8,9)10;3-1-2-4/h1-2H2;4H,1-3H2/q-1;. The van der Waals surface area contributed by atoms with Gasteiger partial charge in [0, 0.05) is 6.54 Å². The van der Waals surface area contributed by atoms with Crippen LogP contribution in [0.5, 0.6) is 0 Å². The first kappa shape index (κ1) is 22.6. The van der Waals surface area contributed by atoms with E-state index in [1.165, 1.54) is 0 Å². The minimum absolute atomic E-state index is 0.0972. The minimum atomic E-state index is -5.56. The second kappa shape index (κ2) is 8.11. The molecule has 0 bridgehead atoms. The van der Waals surface area contributed by atoms with E-state index in [4.69, 9.17) is 10.8 Å². The number of rotatable bonds is 5. The average Bonchev–Trinajstić information content (AvgIpc) is 2.07. The summed E-state index contributed by atoms with van der Waals surface area (Å²) in [6, 6.07) is 0. The van der Waals surface area contributed by atoms with Gasteiger partial charge in [-0.05, 0) is 0 Å². The van der Waals surface area contributed by atoms with Crippen LogP contribution in [-0.4, -0.2) is 59.0 Å². The summed E-state index contributed by atoms with van der Waals surface area (Å²) >= 11 is 0. The maximum Gasteiger partial charge on any atom is 0.401 e. The monoisotopic (exact) mass is 369 g/mol. The second-order valence-corrected chi connectivity index (χ2v) is 6.77. The highest BCUT2D eigenvalue weighted by Crippen LogP contribution is 2.25. The molecule has 0 aromatic heterocycles. The van der Waals surface area contributed by atoms with E-state index in [0.29, 0.717) is 6.54 Å². The second-order valence-electron chi connectivity index (χ2n) is 3.27. The van der Waals surface area contributed by atoms with Gasteiger partial charge in [0.1, 0.15) is 11.5 Å². The van der Waals surface area contributed by atoms with Crippen LogP contribution in [-0.2, 0) is 20.0 Å². The highest BCUT2D eigenvalue weighted by molar-refractivity contribution is 8.12. The van der Waals surface area contributed by atoms with E-state index in [-0.39, 0.29) is 6.61 Å². The van der Waals surface area contributed by atoms with Crippen LogP contribution < -0.4 is 5.73 Å². The van der Waals surface area contributed by atoms with Crippen LogP contribution in [0, 0.1) is 0 Å². The lowest BCUT2D eigenvalue weighted by Crippen LogP contribution is -2.27. The van der Waals surface area contributed by atoms with Crippen molar-refractivity contribution in [2.24, 2.45) is 5.73 Å². The summed E-state index contributed by atoms with van der Waals surface area (Å²) in [7, 11) is -11.1. The highest BCUT2D eigenvalue weighted by Gasteiger charge is 2.35. The van der Waals surface area contributed by atoms with Crippen molar-refractivity contribution in [3.63, 3.8) is 0 Å². The summed E-state index contributed by atoms with van der Waals surface area (Å²) in [5.41, 5.74) is 4.78. The third-order valence-corrected chi connectivity index (χ3v) is 4.25. The van der Waals surface area contributed by atoms with Crippen molar-refractivity contribution < 1.29 is 48.3 Å². The van der Waals surface area contributed by atoms with Gasteiger partial charge in [-0.1, -0.05) is 0 Å². The Hall–Kier alpha value is -0.640. The average molecular weight is 369 g/mol. The summed E-state index contributed by atoms with van der Waals surface area (Å²) in [6.07, 6.45) is -10.6. The summed E-state index contributed by atoms with van der Waals surface area (Å²) < 4.78 is 113. The first-order chi connectivity index (χ1) is 9.04. The van der Waals surface area contributed by atoms with Crippen LogP contribution in [0.25, 0.3) is 4.13 Å². The zero-order chi connectivity index (χ0) is 17.5. The molecule has 3 N–H and O–H groups in total. The number of sulfonamides is 2. The lowest BCUT2D eigenvalue weighted by atomic mass is 10.8. The molecular formula is C6H11F6N2O5S2-. The zero-order valence-electron chi connectivity index (χ0n) is 10.0. The zero-order valence-corrected chi connectivity index (χ0v) is 11.7. The van der Waals surface area contributed by atoms with Gasteiger partial charge in [-0.15, -0.1) is 0 Å². The summed E-state index contributed by atoms with van der Waals surface area (Å²) in [5, 5.41) is 7.75. The summed E-state index contributed by atoms with van der Waals surface area (Å²) in [4.78, 5) is 0. The Morgan fingerprint density at radius 3 is 1.24 bits per heavy atom. The molecule has 21 heavy (non-hydrogen) atoms. The summed E-state index contributed by atoms with van der Waals surface area (Å²) in [6.45, 7) is 0.472. The van der Waals surface area contributed by atoms with Crippen LogP contribution >= 0.6 is 0 Å². The maximum absolute atomic E-state index is 11.6. The molecule has 130 valence electrons. The van der Waals surface area contributed by atoms with Crippen molar-refractivity contribution in [3.8, 4) is 0 Å². The molecule has 0 aromatic rings. The Morgan fingerprint density at radius 2 is 1.10 bits per heavy atom. The van der Waals surface area contributed by atoms with Crippen LogP contribution in [0.15, 0.2) is 0 Å². The maximum atomic E-state index is 11.6. The molecule has 15 heteroatoms. The molecule has 0 aromatic carbocycles. The van der Waals surface area contributed by atoms with Crippen molar-refractivity contribution in [3.05, 3.63) is 4.13 Å². The fourth-order valence-electron chi connectivity index (χ4n) is 0.639. The lowest BCUT2D eigenvalue weighted by Gasteiger charge is -2.21. The van der Waals surface area contributed by atoms with E-state index < -0.39 is 43.9 Å². The largest absolute Gasteiger partial charge is 0.436 e. The number of aliphatic hydroxyl groups is 1. The molecule has 0 fully saturated rings. The van der Waals surface area contributed by atoms with Gasteiger partial charge in [0.2, 0.25) is 0 Å². The fraction of sp³-hybridized carbons (Fsp3) is 1.00. The summed E-state index contributed by atoms with van der Waals surface area (Å²) in [5.74, 6) is -5.28. The molecule has 0 aliphatic heterocycles. The van der Waals surface area contributed by atoms with Crippen LogP contribution in [0.4, 0.5) is 26.3 Å². The van der Waals surface area contributed by atoms with E-state index in [1.807, 2.05) is 0 Å². The number of alkyl halides is 6. The van der Waals surface area contributed by atoms with Crippen molar-refractivity contribution in [1.82, 2.24) is 0 Å². The molecule has 0 spiro atoms. The van der Waals surface area contributed by atoms with Gasteiger partial charge in [-0.2, -0.15) is 26.3 Å². The van der Waals surface area contributed by atoms with Gasteiger partial charge in [-0.3, -0.25) is 0 Å². The number of nitrogens with two attached hydrogens (primary N) is 1. The number of hydrogen-bond donors (Lipinski definition) is 2. The van der Waals surface area contributed by atoms with Gasteiger partial charge in [0.15, 0.2) is 0 Å². The Labute approximate surface area is 116 Å². The normalized spacial score (nSPS) is 13.5. The predicted octanol–water partition coefficient (Wildman–Crippen LogP) is 0.0817. The molecule has 0 aliphatic rings. The van der Waals surface area contributed by atoms with Gasteiger partial charge in [0.25, 0.3) is 0 Å². The first-order valence-corrected chi connectivity index (χ1v) is 7.89. The molecule has 0 radical (unpaired) electrons. The smallest absolute Gasteiger partial charge is 0.401 e. The SMILES string of the molecule is NCCO.O=S(=O)(CC(F)(F)F)[N-]S(=O)(=O)CC(F)(F)F. The molecule has 0 heterocycles. The molecule has 0 saturated carbocycles. The topological polar surface area (TPSA) is 129 Å². The molecule has 0 unspecified atom stereocenters. The van der Waals surface area contributed by atoms with Crippen molar-refractivity contribution >= 4 is 20.0 Å². The van der Waals surface area contributed by atoms with Gasteiger partial charge >= 0.3 is 12.4 Å². The number of halogens is 6. The van der Waals surface area contributed by atoms with Crippen molar-refractivity contribution in [2.45, 2.75) is 12.4 Å². The number of aliphatic hydroxyl groups excluding tert-OH is 1. The molecule has 0 amide bonds. The Balaban J connectivity index is 0. The van der Waals surface area contributed by atoms with E-state index in [0.717, 1.165) is 0 Å². The molecule has 0 atom stereocenters. The molecule has 0 aliphatic carbocycles. The third kappa shape index (κ3) is 17.3. The van der Waals surface area contributed by atoms with Gasteiger partial charge in [0.05, 0.1) is 26.7 Å². The Kier molecular flexibility index (Phi) is 8.75. The third-order valence-electron chi connectivity index (χ3n) is 1.05. The van der Waals surface area contributed by atoms with E-state index in [2.05, 4.69) is 0 Å². The lowest BCUT2D eigenvalue weighted by molar-refractivity contribution is -0.107. The molecule has 0 saturated heterocycles. The quantitative estimate of drug-likeness (QED) is 0.661. The van der Waals surface area contributed by atoms with Crippen molar-refractivity contribution in [2.75, 3.05) is 24.7 Å². The van der Waals surface area contributed by atoms with Crippen molar-refractivity contribution in [1.29, 1.82) is 0 Å². The fourth-order valence-corrected chi connectivity index (χ4v) is 3.27. The molecule has 0 rings (SSSR count). The van der Waals surface area contributed by atoms with Gasteiger partial charge in [-0.25, -0.2) is 16.8 Å². The molecular weight excluding hydrogens is 358 g/mol. The number of nitrogens with zero attached hydrogens (tertiary/aromatic N) is 1. The predicted molar refractivity (Wildman–Crippen MR) is 59.2 cm³/mol. The first-order valence-electron chi connectivity index (χ1n) is 4.67. The minimum Gasteiger partial charge on any atom is -0.436 e. The van der Waals surface area contributed by atoms with Crippen LogP contribution in [0.1, 0.15) is 0 Å². The van der Waals surface area contributed by atoms with E-state index in [9.17, 15) is 43.2 Å². The highest BCUT2D eigenvalue weighted by atomic mass is 32.3. The van der Waals surface area contributed by atoms with Gasteiger partial charge < -0.3 is 15.0 Å². The van der Waals surface area contributed by atoms with Crippen LogP contribution in [0.2, 0.25) is 0 Å². The van der Waals surface area contributed by atoms with E-state index >= 15 is 0 Å². The Morgan fingerprint density at radius 1 is 0.857 bits per heavy atom. The molecule has 7 nitrogen and oxygen atoms in total. The van der Waals surface area contributed by atoms with E-state index in [1.54, 1.807) is 4.13 Å². The number of hydrogen-bond acceptors (Lipinski definition) is 6. The Bertz CT molecular complexity index is 451. The van der Waals surface area contributed by atoms with Crippen LogP contribution in [0.3, 0.4) is 0 Å².